The molecule has 1 aliphatic carbocycles. The highest BCUT2D eigenvalue weighted by molar-refractivity contribution is 4.98. The van der Waals surface area contributed by atoms with Gasteiger partial charge in [-0.25, -0.2) is 0 Å². The van der Waals surface area contributed by atoms with Crippen molar-refractivity contribution < 1.29 is 4.52 Å². The largest absolute Gasteiger partial charge is 0.339 e. The molecule has 1 fully saturated rings. The summed E-state index contributed by atoms with van der Waals surface area (Å²) in [6, 6.07) is 0.449. The van der Waals surface area contributed by atoms with Crippen molar-refractivity contribution in [2.75, 3.05) is 7.05 Å². The van der Waals surface area contributed by atoms with Crippen molar-refractivity contribution in [3.8, 4) is 0 Å². The van der Waals surface area contributed by atoms with Crippen molar-refractivity contribution in [2.24, 2.45) is 5.92 Å². The van der Waals surface area contributed by atoms with Crippen LogP contribution in [0.15, 0.2) is 4.52 Å². The van der Waals surface area contributed by atoms with Crippen molar-refractivity contribution in [2.45, 2.75) is 70.8 Å². The summed E-state index contributed by atoms with van der Waals surface area (Å²) in [5, 5.41) is 7.52. The van der Waals surface area contributed by atoms with Gasteiger partial charge in [-0.1, -0.05) is 38.3 Å². The van der Waals surface area contributed by atoms with Gasteiger partial charge >= 0.3 is 0 Å². The molecule has 2 rings (SSSR count). The van der Waals surface area contributed by atoms with Crippen LogP contribution < -0.4 is 5.32 Å². The van der Waals surface area contributed by atoms with Crippen LogP contribution in [0.3, 0.4) is 0 Å². The maximum atomic E-state index is 5.42. The van der Waals surface area contributed by atoms with Crippen LogP contribution in [-0.2, 0) is 6.42 Å². The molecular weight excluding hydrogens is 238 g/mol. The molecule has 0 bridgehead atoms. The predicted octanol–water partition coefficient (Wildman–Crippen LogP) is 3.29. The lowest BCUT2D eigenvalue weighted by Crippen LogP contribution is -2.27. The molecule has 1 atom stereocenters. The minimum Gasteiger partial charge on any atom is -0.339 e. The molecule has 0 radical (unpaired) electrons. The molecule has 1 saturated carbocycles. The van der Waals surface area contributed by atoms with Gasteiger partial charge in [0, 0.05) is 18.4 Å². The Bertz CT molecular complexity index is 369. The first-order valence-electron chi connectivity index (χ1n) is 7.72. The zero-order valence-corrected chi connectivity index (χ0v) is 12.5. The quantitative estimate of drug-likeness (QED) is 0.857. The molecule has 1 aromatic rings. The second-order valence-corrected chi connectivity index (χ2v) is 5.98. The highest BCUT2D eigenvalue weighted by Gasteiger charge is 2.24. The minimum atomic E-state index is 0.449. The molecular formula is C15H27N3O. The Morgan fingerprint density at radius 3 is 2.68 bits per heavy atom. The Hall–Kier alpha value is -0.900. The lowest BCUT2D eigenvalue weighted by atomic mass is 9.83. The first-order valence-corrected chi connectivity index (χ1v) is 7.72. The van der Waals surface area contributed by atoms with E-state index in [9.17, 15) is 0 Å². The third-order valence-electron chi connectivity index (χ3n) is 4.33. The number of aromatic nitrogens is 2. The monoisotopic (exact) mass is 265 g/mol. The molecule has 0 spiro atoms. The average Bonchev–Trinajstić information content (AvgIpc) is 2.87. The molecule has 4 nitrogen and oxygen atoms in total. The summed E-state index contributed by atoms with van der Waals surface area (Å²) < 4.78 is 5.42. The van der Waals surface area contributed by atoms with Crippen LogP contribution in [0, 0.1) is 5.92 Å². The van der Waals surface area contributed by atoms with Gasteiger partial charge in [0.05, 0.1) is 0 Å². The highest BCUT2D eigenvalue weighted by atomic mass is 16.5. The molecule has 108 valence electrons. The maximum Gasteiger partial charge on any atom is 0.228 e. The second-order valence-electron chi connectivity index (χ2n) is 5.98. The Labute approximate surface area is 116 Å². The van der Waals surface area contributed by atoms with E-state index in [2.05, 4.69) is 29.3 Å². The third kappa shape index (κ3) is 4.03. The number of rotatable bonds is 6. The topological polar surface area (TPSA) is 51.0 Å². The van der Waals surface area contributed by atoms with Gasteiger partial charge in [-0.15, -0.1) is 0 Å². The fraction of sp³-hybridized carbons (Fsp3) is 0.867. The summed E-state index contributed by atoms with van der Waals surface area (Å²) >= 11 is 0. The van der Waals surface area contributed by atoms with E-state index in [1.807, 2.05) is 7.05 Å². The number of likely N-dealkylation sites (N-methyl/N-ethyl adjacent to an activating group) is 1. The van der Waals surface area contributed by atoms with Crippen LogP contribution in [0.4, 0.5) is 0 Å². The highest BCUT2D eigenvalue weighted by Crippen LogP contribution is 2.34. The molecule has 0 aliphatic heterocycles. The summed E-state index contributed by atoms with van der Waals surface area (Å²) in [4.78, 5) is 4.61. The van der Waals surface area contributed by atoms with Crippen molar-refractivity contribution in [3.05, 3.63) is 11.7 Å². The number of nitrogens with zero attached hydrogens (tertiary/aromatic N) is 2. The Balaban J connectivity index is 1.91. The van der Waals surface area contributed by atoms with E-state index >= 15 is 0 Å². The Morgan fingerprint density at radius 2 is 2.05 bits per heavy atom. The molecule has 1 N–H and O–H groups in total. The molecule has 1 aromatic heterocycles. The number of hydrogen-bond acceptors (Lipinski definition) is 4. The van der Waals surface area contributed by atoms with Crippen molar-refractivity contribution in [1.29, 1.82) is 0 Å². The van der Waals surface area contributed by atoms with Gasteiger partial charge in [-0.3, -0.25) is 0 Å². The normalized spacial score (nSPS) is 25.4. The van der Waals surface area contributed by atoms with Crippen LogP contribution in [0.5, 0.6) is 0 Å². The fourth-order valence-electron chi connectivity index (χ4n) is 2.94. The summed E-state index contributed by atoms with van der Waals surface area (Å²) in [6.07, 6.45) is 8.19. The van der Waals surface area contributed by atoms with E-state index in [-0.39, 0.29) is 0 Å². The Kier molecular flexibility index (Phi) is 5.37. The first kappa shape index (κ1) is 14.5. The number of hydrogen-bond donors (Lipinski definition) is 1. The molecule has 0 saturated heterocycles. The van der Waals surface area contributed by atoms with Gasteiger partial charge in [0.15, 0.2) is 5.82 Å². The van der Waals surface area contributed by atoms with E-state index < -0.39 is 0 Å². The van der Waals surface area contributed by atoms with Gasteiger partial charge in [-0.2, -0.15) is 4.98 Å². The molecule has 1 unspecified atom stereocenters. The summed E-state index contributed by atoms with van der Waals surface area (Å²) in [6.45, 7) is 4.53. The van der Waals surface area contributed by atoms with Gasteiger partial charge in [-0.05, 0) is 32.2 Å². The number of nitrogens with one attached hydrogen (secondary N) is 1. The van der Waals surface area contributed by atoms with Gasteiger partial charge in [0.2, 0.25) is 5.89 Å². The standard InChI is InChI=1S/C15H27N3O/c1-4-5-13(16-3)10-14-17-15(18-19-14)12-8-6-11(2)7-9-12/h11-13,16H,4-10H2,1-3H3. The summed E-state index contributed by atoms with van der Waals surface area (Å²) in [5.74, 6) is 3.11. The van der Waals surface area contributed by atoms with E-state index in [0.717, 1.165) is 30.5 Å². The van der Waals surface area contributed by atoms with Crippen molar-refractivity contribution in [1.82, 2.24) is 15.5 Å². The Morgan fingerprint density at radius 1 is 1.32 bits per heavy atom. The lowest BCUT2D eigenvalue weighted by Gasteiger charge is -2.23. The van der Waals surface area contributed by atoms with Crippen LogP contribution in [0.25, 0.3) is 0 Å². The van der Waals surface area contributed by atoms with Gasteiger partial charge < -0.3 is 9.84 Å². The van der Waals surface area contributed by atoms with Crippen molar-refractivity contribution >= 4 is 0 Å². The van der Waals surface area contributed by atoms with Crippen LogP contribution in [0.1, 0.15) is 70.0 Å². The minimum absolute atomic E-state index is 0.449. The zero-order valence-electron chi connectivity index (χ0n) is 12.5. The predicted molar refractivity (Wildman–Crippen MR) is 76.1 cm³/mol. The van der Waals surface area contributed by atoms with E-state index in [1.165, 1.54) is 32.1 Å². The van der Waals surface area contributed by atoms with Crippen LogP contribution in [0.2, 0.25) is 0 Å². The molecule has 1 heterocycles. The van der Waals surface area contributed by atoms with E-state index in [0.29, 0.717) is 12.0 Å². The average molecular weight is 265 g/mol. The molecule has 0 aromatic carbocycles. The third-order valence-corrected chi connectivity index (χ3v) is 4.33. The van der Waals surface area contributed by atoms with Gasteiger partial charge in [0.1, 0.15) is 0 Å². The smallest absolute Gasteiger partial charge is 0.228 e. The fourth-order valence-corrected chi connectivity index (χ4v) is 2.94. The second kappa shape index (κ2) is 7.04. The van der Waals surface area contributed by atoms with E-state index in [4.69, 9.17) is 4.52 Å². The SMILES string of the molecule is CCCC(Cc1nc(C2CCC(C)CC2)no1)NC. The van der Waals surface area contributed by atoms with Crippen LogP contribution in [-0.4, -0.2) is 23.2 Å². The summed E-state index contributed by atoms with van der Waals surface area (Å²) in [7, 11) is 2.00. The molecule has 4 heteroatoms. The molecule has 0 amide bonds. The van der Waals surface area contributed by atoms with Crippen LogP contribution >= 0.6 is 0 Å². The maximum absolute atomic E-state index is 5.42. The molecule has 1 aliphatic rings. The van der Waals surface area contributed by atoms with Crippen molar-refractivity contribution in [3.63, 3.8) is 0 Å². The van der Waals surface area contributed by atoms with E-state index in [1.54, 1.807) is 0 Å². The van der Waals surface area contributed by atoms with Gasteiger partial charge in [0.25, 0.3) is 0 Å². The lowest BCUT2D eigenvalue weighted by molar-refractivity contribution is 0.320. The zero-order chi connectivity index (χ0) is 13.7. The molecule has 19 heavy (non-hydrogen) atoms. The summed E-state index contributed by atoms with van der Waals surface area (Å²) in [5.41, 5.74) is 0. The first-order chi connectivity index (χ1) is 9.22.